The third-order valence-corrected chi connectivity index (χ3v) is 2.71. The van der Waals surface area contributed by atoms with E-state index in [1.54, 1.807) is 13.8 Å². The topological polar surface area (TPSA) is 76.1 Å². The van der Waals surface area contributed by atoms with Crippen LogP contribution in [0.25, 0.3) is 0 Å². The summed E-state index contributed by atoms with van der Waals surface area (Å²) in [6.07, 6.45) is 0. The van der Waals surface area contributed by atoms with Gasteiger partial charge in [-0.15, -0.1) is 0 Å². The zero-order chi connectivity index (χ0) is 15.7. The second kappa shape index (κ2) is 8.97. The molecule has 0 radical (unpaired) electrons. The van der Waals surface area contributed by atoms with Crippen molar-refractivity contribution in [3.05, 3.63) is 30.3 Å². The van der Waals surface area contributed by atoms with Crippen LogP contribution in [0, 0.1) is 0 Å². The normalized spacial score (nSPS) is 10.4. The Morgan fingerprint density at radius 1 is 1.19 bits per heavy atom. The molecule has 1 amide bonds. The Morgan fingerprint density at radius 3 is 2.43 bits per heavy atom. The van der Waals surface area contributed by atoms with Crippen molar-refractivity contribution < 1.29 is 24.2 Å². The number of carbonyl (C=O) groups excluding carboxylic acids is 1. The summed E-state index contributed by atoms with van der Waals surface area (Å²) in [7, 11) is 0. The van der Waals surface area contributed by atoms with Gasteiger partial charge in [-0.1, -0.05) is 18.2 Å². The van der Waals surface area contributed by atoms with E-state index in [1.165, 1.54) is 4.90 Å². The van der Waals surface area contributed by atoms with Crippen molar-refractivity contribution in [3.63, 3.8) is 0 Å². The molecular formula is C15H21NO5. The summed E-state index contributed by atoms with van der Waals surface area (Å²) in [5.74, 6) is -0.640. The number of nitrogens with zero attached hydrogens (tertiary/aromatic N) is 1. The van der Waals surface area contributed by atoms with Gasteiger partial charge in [-0.25, -0.2) is 0 Å². The number of benzene rings is 1. The van der Waals surface area contributed by atoms with Crippen LogP contribution in [0.5, 0.6) is 5.75 Å². The standard InChI is InChI=1S/C15H21NO5/c1-12(2)16(10-15(18)19)14(17)11-20-8-9-21-13-6-4-3-5-7-13/h3-7,12H,8-11H2,1-2H3,(H,18,19). The van der Waals surface area contributed by atoms with Gasteiger partial charge in [0.25, 0.3) is 0 Å². The molecule has 1 rings (SSSR count). The van der Waals surface area contributed by atoms with Crippen molar-refractivity contribution in [1.82, 2.24) is 4.90 Å². The van der Waals surface area contributed by atoms with Crippen molar-refractivity contribution >= 4 is 11.9 Å². The fourth-order valence-corrected chi connectivity index (χ4v) is 1.68. The molecule has 0 atom stereocenters. The lowest BCUT2D eigenvalue weighted by Crippen LogP contribution is -2.42. The van der Waals surface area contributed by atoms with Crippen molar-refractivity contribution in [2.75, 3.05) is 26.4 Å². The number of carbonyl (C=O) groups is 2. The van der Waals surface area contributed by atoms with E-state index in [0.29, 0.717) is 6.61 Å². The molecule has 1 aromatic rings. The second-order valence-corrected chi connectivity index (χ2v) is 4.72. The third-order valence-electron chi connectivity index (χ3n) is 2.71. The SMILES string of the molecule is CC(C)N(CC(=O)O)C(=O)COCCOc1ccccc1. The smallest absolute Gasteiger partial charge is 0.323 e. The number of carboxylic acid groups (broad SMARTS) is 1. The zero-order valence-corrected chi connectivity index (χ0v) is 12.3. The van der Waals surface area contributed by atoms with Gasteiger partial charge in [0.15, 0.2) is 0 Å². The van der Waals surface area contributed by atoms with E-state index in [1.807, 2.05) is 30.3 Å². The van der Waals surface area contributed by atoms with Crippen molar-refractivity contribution in [2.45, 2.75) is 19.9 Å². The molecule has 1 aromatic carbocycles. The van der Waals surface area contributed by atoms with Gasteiger partial charge in [0.05, 0.1) is 6.61 Å². The first kappa shape index (κ1) is 17.0. The van der Waals surface area contributed by atoms with Gasteiger partial charge in [0.2, 0.25) is 5.91 Å². The Morgan fingerprint density at radius 2 is 1.86 bits per heavy atom. The second-order valence-electron chi connectivity index (χ2n) is 4.72. The maximum absolute atomic E-state index is 11.9. The van der Waals surface area contributed by atoms with Crippen LogP contribution >= 0.6 is 0 Å². The summed E-state index contributed by atoms with van der Waals surface area (Å²) in [5.41, 5.74) is 0. The highest BCUT2D eigenvalue weighted by Crippen LogP contribution is 2.07. The first-order valence-electron chi connectivity index (χ1n) is 6.77. The predicted molar refractivity (Wildman–Crippen MR) is 77.2 cm³/mol. The van der Waals surface area contributed by atoms with Crippen LogP contribution < -0.4 is 4.74 Å². The van der Waals surface area contributed by atoms with Crippen molar-refractivity contribution in [1.29, 1.82) is 0 Å². The van der Waals surface area contributed by atoms with Gasteiger partial charge in [-0.05, 0) is 26.0 Å². The number of carboxylic acids is 1. The summed E-state index contributed by atoms with van der Waals surface area (Å²) < 4.78 is 10.6. The number of ether oxygens (including phenoxy) is 2. The average Bonchev–Trinajstić information content (AvgIpc) is 2.44. The van der Waals surface area contributed by atoms with E-state index in [9.17, 15) is 9.59 Å². The van der Waals surface area contributed by atoms with E-state index in [-0.39, 0.29) is 31.7 Å². The van der Waals surface area contributed by atoms with Crippen LogP contribution in [-0.2, 0) is 14.3 Å². The first-order chi connectivity index (χ1) is 10.0. The van der Waals surface area contributed by atoms with Gasteiger partial charge in [0, 0.05) is 6.04 Å². The lowest BCUT2D eigenvalue weighted by Gasteiger charge is -2.24. The monoisotopic (exact) mass is 295 g/mol. The number of rotatable bonds is 9. The molecule has 0 aliphatic rings. The Labute approximate surface area is 124 Å². The maximum Gasteiger partial charge on any atom is 0.323 e. The van der Waals surface area contributed by atoms with E-state index >= 15 is 0 Å². The Bertz CT molecular complexity index is 447. The zero-order valence-electron chi connectivity index (χ0n) is 12.3. The summed E-state index contributed by atoms with van der Waals surface area (Å²) in [6.45, 7) is 3.65. The van der Waals surface area contributed by atoms with Gasteiger partial charge < -0.3 is 19.5 Å². The molecule has 21 heavy (non-hydrogen) atoms. The van der Waals surface area contributed by atoms with Gasteiger partial charge in [-0.2, -0.15) is 0 Å². The summed E-state index contributed by atoms with van der Waals surface area (Å²) in [4.78, 5) is 23.8. The molecule has 0 aliphatic carbocycles. The molecule has 0 saturated carbocycles. The maximum atomic E-state index is 11.9. The first-order valence-corrected chi connectivity index (χ1v) is 6.77. The van der Waals surface area contributed by atoms with Gasteiger partial charge in [0.1, 0.15) is 25.5 Å². The molecule has 0 aromatic heterocycles. The minimum absolute atomic E-state index is 0.149. The number of para-hydroxylation sites is 1. The predicted octanol–water partition coefficient (Wildman–Crippen LogP) is 1.40. The van der Waals surface area contributed by atoms with Crippen molar-refractivity contribution in [3.8, 4) is 5.75 Å². The molecule has 0 heterocycles. The molecule has 0 fully saturated rings. The highest BCUT2D eigenvalue weighted by molar-refractivity contribution is 5.82. The molecule has 0 spiro atoms. The lowest BCUT2D eigenvalue weighted by molar-refractivity contribution is -0.148. The highest BCUT2D eigenvalue weighted by Gasteiger charge is 2.19. The van der Waals surface area contributed by atoms with Gasteiger partial charge in [-0.3, -0.25) is 9.59 Å². The summed E-state index contributed by atoms with van der Waals surface area (Å²) >= 11 is 0. The molecular weight excluding hydrogens is 274 g/mol. The highest BCUT2D eigenvalue weighted by atomic mass is 16.5. The van der Waals surface area contributed by atoms with Crippen LogP contribution in [0.3, 0.4) is 0 Å². The lowest BCUT2D eigenvalue weighted by atomic mass is 10.3. The minimum Gasteiger partial charge on any atom is -0.491 e. The van der Waals surface area contributed by atoms with E-state index in [2.05, 4.69) is 0 Å². The van der Waals surface area contributed by atoms with Crippen LogP contribution in [0.4, 0.5) is 0 Å². The molecule has 0 unspecified atom stereocenters. The van der Waals surface area contributed by atoms with Gasteiger partial charge >= 0.3 is 5.97 Å². The largest absolute Gasteiger partial charge is 0.491 e. The minimum atomic E-state index is -1.04. The Balaban J connectivity index is 2.24. The molecule has 6 heteroatoms. The van der Waals surface area contributed by atoms with E-state index in [4.69, 9.17) is 14.6 Å². The number of hydrogen-bond acceptors (Lipinski definition) is 4. The number of amides is 1. The fourth-order valence-electron chi connectivity index (χ4n) is 1.68. The molecule has 1 N–H and O–H groups in total. The van der Waals surface area contributed by atoms with Crippen LogP contribution in [-0.4, -0.2) is 54.3 Å². The van der Waals surface area contributed by atoms with Crippen LogP contribution in [0.15, 0.2) is 30.3 Å². The average molecular weight is 295 g/mol. The third kappa shape index (κ3) is 6.76. The molecule has 6 nitrogen and oxygen atoms in total. The number of hydrogen-bond donors (Lipinski definition) is 1. The summed E-state index contributed by atoms with van der Waals surface area (Å²) in [5, 5.41) is 8.76. The van der Waals surface area contributed by atoms with Crippen LogP contribution in [0.2, 0.25) is 0 Å². The summed E-state index contributed by atoms with van der Waals surface area (Å²) in [6, 6.07) is 9.11. The van der Waals surface area contributed by atoms with E-state index in [0.717, 1.165) is 5.75 Å². The fraction of sp³-hybridized carbons (Fsp3) is 0.467. The molecule has 116 valence electrons. The quantitative estimate of drug-likeness (QED) is 0.697. The number of aliphatic carboxylic acids is 1. The molecule has 0 saturated heterocycles. The molecule has 0 aliphatic heterocycles. The van der Waals surface area contributed by atoms with Crippen LogP contribution in [0.1, 0.15) is 13.8 Å². The Kier molecular flexibility index (Phi) is 7.25. The Hall–Kier alpha value is -2.08. The molecule has 0 bridgehead atoms. The van der Waals surface area contributed by atoms with E-state index < -0.39 is 5.97 Å². The van der Waals surface area contributed by atoms with Crippen molar-refractivity contribution in [2.24, 2.45) is 0 Å².